The lowest BCUT2D eigenvalue weighted by molar-refractivity contribution is -0.167. The molecule has 0 aliphatic heterocycles. The van der Waals surface area contributed by atoms with Gasteiger partial charge in [0.25, 0.3) is 0 Å². The van der Waals surface area contributed by atoms with Gasteiger partial charge in [0.1, 0.15) is 13.2 Å². The van der Waals surface area contributed by atoms with Crippen molar-refractivity contribution in [1.29, 1.82) is 0 Å². The van der Waals surface area contributed by atoms with Gasteiger partial charge < -0.3 is 14.2 Å². The molecule has 0 aliphatic carbocycles. The predicted molar refractivity (Wildman–Crippen MR) is 335 cm³/mol. The van der Waals surface area contributed by atoms with Gasteiger partial charge in [-0.1, -0.05) is 313 Å². The fraction of sp³-hybridized carbons (Fsp3) is 0.845. The van der Waals surface area contributed by atoms with E-state index in [1.54, 1.807) is 0 Å². The van der Waals surface area contributed by atoms with E-state index in [1.807, 2.05) is 0 Å². The number of hydrogen-bond acceptors (Lipinski definition) is 6. The number of carbonyl (C=O) groups is 3. The molecule has 0 bridgehead atoms. The van der Waals surface area contributed by atoms with Crippen molar-refractivity contribution in [3.8, 4) is 0 Å². The van der Waals surface area contributed by atoms with Gasteiger partial charge in [-0.3, -0.25) is 14.4 Å². The van der Waals surface area contributed by atoms with E-state index in [-0.39, 0.29) is 31.1 Å². The van der Waals surface area contributed by atoms with Gasteiger partial charge in [0, 0.05) is 19.3 Å². The summed E-state index contributed by atoms with van der Waals surface area (Å²) in [6, 6.07) is 0. The fourth-order valence-corrected chi connectivity index (χ4v) is 10.2. The van der Waals surface area contributed by atoms with Crippen LogP contribution in [-0.2, 0) is 28.6 Å². The smallest absolute Gasteiger partial charge is 0.306 e. The Bertz CT molecular complexity index is 1330. The molecule has 77 heavy (non-hydrogen) atoms. The maximum atomic E-state index is 12.9. The molecule has 1 atom stereocenters. The van der Waals surface area contributed by atoms with Gasteiger partial charge in [0.05, 0.1) is 0 Å². The van der Waals surface area contributed by atoms with Gasteiger partial charge in [0.15, 0.2) is 6.10 Å². The van der Waals surface area contributed by atoms with Crippen molar-refractivity contribution in [3.63, 3.8) is 0 Å². The molecule has 0 saturated carbocycles. The summed E-state index contributed by atoms with van der Waals surface area (Å²) in [7, 11) is 0. The predicted octanol–water partition coefficient (Wildman–Crippen LogP) is 23.3. The third kappa shape index (κ3) is 64.1. The highest BCUT2D eigenvalue weighted by Crippen LogP contribution is 2.18. The van der Waals surface area contributed by atoms with E-state index in [0.29, 0.717) is 19.3 Å². The van der Waals surface area contributed by atoms with Gasteiger partial charge in [0.2, 0.25) is 0 Å². The molecule has 0 radical (unpaired) electrons. The third-order valence-corrected chi connectivity index (χ3v) is 15.3. The molecule has 0 aromatic rings. The van der Waals surface area contributed by atoms with E-state index >= 15 is 0 Å². The van der Waals surface area contributed by atoms with Gasteiger partial charge in [-0.2, -0.15) is 0 Å². The summed E-state index contributed by atoms with van der Waals surface area (Å²) < 4.78 is 16.8. The van der Waals surface area contributed by atoms with Crippen LogP contribution in [0.25, 0.3) is 0 Å². The number of rotatable bonds is 63. The number of esters is 3. The second-order valence-electron chi connectivity index (χ2n) is 23.1. The molecular formula is C71H130O6. The zero-order valence-corrected chi connectivity index (χ0v) is 51.7. The highest BCUT2D eigenvalue weighted by Gasteiger charge is 2.19. The van der Waals surface area contributed by atoms with Crippen LogP contribution in [0.4, 0.5) is 0 Å². The van der Waals surface area contributed by atoms with E-state index in [9.17, 15) is 14.4 Å². The minimum atomic E-state index is -0.769. The van der Waals surface area contributed by atoms with Crippen LogP contribution in [0, 0.1) is 0 Å². The molecule has 0 heterocycles. The summed E-state index contributed by atoms with van der Waals surface area (Å²) in [5.74, 6) is -0.866. The lowest BCUT2D eigenvalue weighted by atomic mass is 10.0. The molecule has 6 heteroatoms. The molecule has 0 saturated heterocycles. The average molecular weight is 1080 g/mol. The second-order valence-corrected chi connectivity index (χ2v) is 23.1. The number of carbonyl (C=O) groups excluding carboxylic acids is 3. The quantitative estimate of drug-likeness (QED) is 0.0261. The van der Waals surface area contributed by atoms with E-state index in [0.717, 1.165) is 77.0 Å². The Balaban J connectivity index is 3.98. The van der Waals surface area contributed by atoms with Crippen molar-refractivity contribution in [1.82, 2.24) is 0 Å². The monoisotopic (exact) mass is 1080 g/mol. The standard InChI is InChI=1S/C71H130O6/c1-4-7-10-13-15-17-19-21-23-25-27-29-31-33-35-37-39-41-43-45-47-49-51-53-55-58-61-64-70(73)76-67-68(66-75-69(72)63-60-57-12-9-6-3)77-71(74)65-62-59-56-54-52-50-48-46-44-42-40-38-36-34-32-30-28-26-24-22-20-18-16-14-11-8-5-2/h19,21,25-28,31,33,68H,4-18,20,22-24,29-30,32,34-67H2,1-3H3/b21-19-,27-25-,28-26-,33-31-. The maximum Gasteiger partial charge on any atom is 0.306 e. The Morgan fingerprint density at radius 3 is 0.740 bits per heavy atom. The van der Waals surface area contributed by atoms with Gasteiger partial charge in [-0.05, 0) is 83.5 Å². The first kappa shape index (κ1) is 74.4. The van der Waals surface area contributed by atoms with Crippen LogP contribution in [0.1, 0.15) is 367 Å². The van der Waals surface area contributed by atoms with Crippen molar-refractivity contribution in [2.24, 2.45) is 0 Å². The molecule has 0 amide bonds. The highest BCUT2D eigenvalue weighted by atomic mass is 16.6. The van der Waals surface area contributed by atoms with Crippen LogP contribution in [0.15, 0.2) is 48.6 Å². The van der Waals surface area contributed by atoms with Crippen LogP contribution >= 0.6 is 0 Å². The first-order valence-corrected chi connectivity index (χ1v) is 34.1. The molecule has 450 valence electrons. The molecule has 0 fully saturated rings. The normalized spacial score (nSPS) is 12.3. The van der Waals surface area contributed by atoms with Crippen LogP contribution in [0.3, 0.4) is 0 Å². The summed E-state index contributed by atoms with van der Waals surface area (Å²) >= 11 is 0. The summed E-state index contributed by atoms with van der Waals surface area (Å²) in [6.45, 7) is 6.60. The minimum absolute atomic E-state index is 0.0708. The Labute approximate surface area is 479 Å². The van der Waals surface area contributed by atoms with E-state index in [4.69, 9.17) is 14.2 Å². The van der Waals surface area contributed by atoms with E-state index < -0.39 is 6.10 Å². The number of ether oxygens (including phenoxy) is 3. The summed E-state index contributed by atoms with van der Waals surface area (Å²) in [4.78, 5) is 38.0. The average Bonchev–Trinajstić information content (AvgIpc) is 3.43. The van der Waals surface area contributed by atoms with Crippen LogP contribution in [0.2, 0.25) is 0 Å². The largest absolute Gasteiger partial charge is 0.462 e. The molecule has 6 nitrogen and oxygen atoms in total. The van der Waals surface area contributed by atoms with Crippen LogP contribution < -0.4 is 0 Å². The lowest BCUT2D eigenvalue weighted by Crippen LogP contribution is -2.30. The molecule has 0 aromatic heterocycles. The molecule has 0 aromatic carbocycles. The van der Waals surface area contributed by atoms with Crippen LogP contribution in [-0.4, -0.2) is 37.2 Å². The topological polar surface area (TPSA) is 78.9 Å². The second kappa shape index (κ2) is 65.9. The number of hydrogen-bond donors (Lipinski definition) is 0. The SMILES string of the molecule is CCCCCCC/C=C\C/C=C\C/C=C\CCCCCCCCCCCCCCC(=O)OCC(COC(=O)CCCCCCC)OC(=O)CCCCCCCCCCCCCCCCC/C=C\CCCCCCCCCC. The Hall–Kier alpha value is -2.63. The molecule has 0 aliphatic rings. The first-order valence-electron chi connectivity index (χ1n) is 34.1. The van der Waals surface area contributed by atoms with Crippen molar-refractivity contribution in [3.05, 3.63) is 48.6 Å². The Morgan fingerprint density at radius 2 is 0.468 bits per heavy atom. The summed E-state index contributed by atoms with van der Waals surface area (Å²) in [5.41, 5.74) is 0. The Morgan fingerprint density at radius 1 is 0.260 bits per heavy atom. The molecule has 0 spiro atoms. The van der Waals surface area contributed by atoms with Crippen molar-refractivity contribution in [2.45, 2.75) is 374 Å². The number of allylic oxidation sites excluding steroid dienone is 8. The van der Waals surface area contributed by atoms with Crippen LogP contribution in [0.5, 0.6) is 0 Å². The fourth-order valence-electron chi connectivity index (χ4n) is 10.2. The van der Waals surface area contributed by atoms with E-state index in [1.165, 1.54) is 250 Å². The number of unbranched alkanes of at least 4 members (excludes halogenated alkanes) is 44. The van der Waals surface area contributed by atoms with Crippen molar-refractivity contribution >= 4 is 17.9 Å². The van der Waals surface area contributed by atoms with Crippen molar-refractivity contribution < 1.29 is 28.6 Å². The zero-order chi connectivity index (χ0) is 55.7. The third-order valence-electron chi connectivity index (χ3n) is 15.3. The minimum Gasteiger partial charge on any atom is -0.462 e. The molecule has 0 rings (SSSR count). The first-order chi connectivity index (χ1) is 38.0. The van der Waals surface area contributed by atoms with Gasteiger partial charge in [-0.25, -0.2) is 0 Å². The lowest BCUT2D eigenvalue weighted by Gasteiger charge is -2.18. The Kier molecular flexibility index (Phi) is 63.6. The maximum absolute atomic E-state index is 12.9. The molecular weight excluding hydrogens is 949 g/mol. The summed E-state index contributed by atoms with van der Waals surface area (Å²) in [5, 5.41) is 0. The van der Waals surface area contributed by atoms with Crippen molar-refractivity contribution in [2.75, 3.05) is 13.2 Å². The highest BCUT2D eigenvalue weighted by molar-refractivity contribution is 5.71. The van der Waals surface area contributed by atoms with E-state index in [2.05, 4.69) is 69.4 Å². The molecule has 0 N–H and O–H groups in total. The zero-order valence-electron chi connectivity index (χ0n) is 51.7. The molecule has 1 unspecified atom stereocenters. The summed E-state index contributed by atoms with van der Waals surface area (Å²) in [6.07, 6.45) is 83.3. The van der Waals surface area contributed by atoms with Gasteiger partial charge >= 0.3 is 17.9 Å². The van der Waals surface area contributed by atoms with Gasteiger partial charge in [-0.15, -0.1) is 0 Å².